The lowest BCUT2D eigenvalue weighted by Crippen LogP contribution is -2.29. The molecule has 0 atom stereocenters. The van der Waals surface area contributed by atoms with Crippen LogP contribution in [-0.4, -0.2) is 18.5 Å². The summed E-state index contributed by atoms with van der Waals surface area (Å²) in [4.78, 5) is 11.4. The topological polar surface area (TPSA) is 41.1 Å². The number of anilines is 1. The van der Waals surface area contributed by atoms with E-state index in [2.05, 4.69) is 10.6 Å². The molecule has 0 bridgehead atoms. The maximum absolute atomic E-state index is 12.6. The smallest absolute Gasteiger partial charge is 0.319 e. The van der Waals surface area contributed by atoms with Crippen molar-refractivity contribution in [2.75, 3.05) is 11.9 Å². The van der Waals surface area contributed by atoms with E-state index < -0.39 is 12.0 Å². The number of hydrogen-bond acceptors (Lipinski definition) is 1. The number of amides is 2. The quantitative estimate of drug-likeness (QED) is 0.762. The Labute approximate surface area is 110 Å². The zero-order chi connectivity index (χ0) is 14.3. The molecule has 6 heteroatoms. The normalized spacial score (nSPS) is 11.2. The Balaban J connectivity index is 2.16. The molecule has 1 rings (SSSR count). The van der Waals surface area contributed by atoms with Crippen molar-refractivity contribution in [3.63, 3.8) is 0 Å². The van der Waals surface area contributed by atoms with Gasteiger partial charge in [-0.1, -0.05) is 0 Å². The molecule has 0 fully saturated rings. The van der Waals surface area contributed by atoms with Gasteiger partial charge in [-0.05, 0) is 44.0 Å². The molecule has 0 aliphatic carbocycles. The molecular formula is C13H17F3N2O. The summed E-state index contributed by atoms with van der Waals surface area (Å²) in [5, 5.41) is 5.05. The molecule has 0 aromatic heterocycles. The van der Waals surface area contributed by atoms with Gasteiger partial charge in [0.05, 0.1) is 0 Å². The molecule has 0 heterocycles. The monoisotopic (exact) mass is 274 g/mol. The van der Waals surface area contributed by atoms with Crippen LogP contribution < -0.4 is 10.6 Å². The molecule has 0 unspecified atom stereocenters. The summed E-state index contributed by atoms with van der Waals surface area (Å²) in [6.45, 7) is 1.20. The van der Waals surface area contributed by atoms with Crippen LogP contribution in [0.4, 0.5) is 23.7 Å². The summed E-state index contributed by atoms with van der Waals surface area (Å²) < 4.78 is 37.6. The number of rotatable bonds is 6. The highest BCUT2D eigenvalue weighted by Crippen LogP contribution is 2.19. The van der Waals surface area contributed by atoms with Crippen LogP contribution in [0.3, 0.4) is 0 Å². The van der Waals surface area contributed by atoms with E-state index in [4.69, 9.17) is 0 Å². The van der Waals surface area contributed by atoms with Crippen molar-refractivity contribution in [1.82, 2.24) is 5.32 Å². The number of urea groups is 1. The van der Waals surface area contributed by atoms with E-state index in [0.29, 0.717) is 25.1 Å². The van der Waals surface area contributed by atoms with E-state index in [1.807, 2.05) is 0 Å². The SMILES string of the molecule is CC(F)(F)CCCCNC(=O)Nc1ccc(F)cc1. The first-order valence-electron chi connectivity index (χ1n) is 6.05. The summed E-state index contributed by atoms with van der Waals surface area (Å²) in [6, 6.07) is 4.91. The highest BCUT2D eigenvalue weighted by Gasteiger charge is 2.19. The maximum atomic E-state index is 12.6. The van der Waals surface area contributed by atoms with Crippen LogP contribution in [0.2, 0.25) is 0 Å². The van der Waals surface area contributed by atoms with E-state index >= 15 is 0 Å². The van der Waals surface area contributed by atoms with Crippen LogP contribution in [0.15, 0.2) is 24.3 Å². The Morgan fingerprint density at radius 3 is 2.42 bits per heavy atom. The molecule has 2 amide bonds. The highest BCUT2D eigenvalue weighted by molar-refractivity contribution is 5.89. The molecule has 19 heavy (non-hydrogen) atoms. The molecule has 0 aliphatic heterocycles. The molecular weight excluding hydrogens is 257 g/mol. The molecule has 0 saturated heterocycles. The van der Waals surface area contributed by atoms with E-state index in [-0.39, 0.29) is 12.2 Å². The summed E-state index contributed by atoms with van der Waals surface area (Å²) >= 11 is 0. The zero-order valence-corrected chi connectivity index (χ0v) is 10.7. The molecule has 106 valence electrons. The van der Waals surface area contributed by atoms with Crippen molar-refractivity contribution in [3.05, 3.63) is 30.1 Å². The van der Waals surface area contributed by atoms with E-state index in [1.165, 1.54) is 24.3 Å². The van der Waals surface area contributed by atoms with Crippen molar-refractivity contribution in [2.24, 2.45) is 0 Å². The molecule has 0 saturated carbocycles. The molecule has 0 spiro atoms. The standard InChI is InChI=1S/C13H17F3N2O/c1-13(15,16)8-2-3-9-17-12(19)18-11-6-4-10(14)5-7-11/h4-7H,2-3,8-9H2,1H3,(H2,17,18,19). The zero-order valence-electron chi connectivity index (χ0n) is 10.7. The van der Waals surface area contributed by atoms with Gasteiger partial charge in [-0.25, -0.2) is 18.0 Å². The van der Waals surface area contributed by atoms with Crippen molar-refractivity contribution in [1.29, 1.82) is 0 Å². The van der Waals surface area contributed by atoms with Crippen LogP contribution in [0.1, 0.15) is 26.2 Å². The van der Waals surface area contributed by atoms with E-state index in [9.17, 15) is 18.0 Å². The number of hydrogen-bond donors (Lipinski definition) is 2. The molecule has 3 nitrogen and oxygen atoms in total. The fraction of sp³-hybridized carbons (Fsp3) is 0.462. The second-order valence-corrected chi connectivity index (χ2v) is 4.42. The minimum absolute atomic E-state index is 0.186. The highest BCUT2D eigenvalue weighted by atomic mass is 19.3. The Kier molecular flexibility index (Phi) is 5.66. The van der Waals surface area contributed by atoms with Crippen LogP contribution in [-0.2, 0) is 0 Å². The van der Waals surface area contributed by atoms with Gasteiger partial charge in [0.25, 0.3) is 0 Å². The summed E-state index contributed by atoms with van der Waals surface area (Å²) in [7, 11) is 0. The molecule has 0 aliphatic rings. The van der Waals surface area contributed by atoms with Crippen molar-refractivity contribution >= 4 is 11.7 Å². The number of carbonyl (C=O) groups excluding carboxylic acids is 1. The van der Waals surface area contributed by atoms with Gasteiger partial charge in [0.1, 0.15) is 5.82 Å². The first-order chi connectivity index (χ1) is 8.87. The number of alkyl halides is 2. The third kappa shape index (κ3) is 7.33. The van der Waals surface area contributed by atoms with Crippen molar-refractivity contribution in [3.8, 4) is 0 Å². The van der Waals surface area contributed by atoms with Crippen LogP contribution in [0.25, 0.3) is 0 Å². The Hall–Kier alpha value is -1.72. The maximum Gasteiger partial charge on any atom is 0.319 e. The number of carbonyl (C=O) groups is 1. The first-order valence-corrected chi connectivity index (χ1v) is 6.05. The van der Waals surface area contributed by atoms with Gasteiger partial charge in [-0.2, -0.15) is 0 Å². The number of halogens is 3. The molecule has 2 N–H and O–H groups in total. The van der Waals surface area contributed by atoms with Gasteiger partial charge >= 0.3 is 6.03 Å². The minimum atomic E-state index is -2.66. The van der Waals surface area contributed by atoms with Gasteiger partial charge in [0.15, 0.2) is 0 Å². The lowest BCUT2D eigenvalue weighted by Gasteiger charge is -2.10. The Morgan fingerprint density at radius 2 is 1.84 bits per heavy atom. The second-order valence-electron chi connectivity index (χ2n) is 4.42. The van der Waals surface area contributed by atoms with Crippen LogP contribution in [0, 0.1) is 5.82 Å². The van der Waals surface area contributed by atoms with Gasteiger partial charge in [0, 0.05) is 18.7 Å². The lowest BCUT2D eigenvalue weighted by atomic mass is 10.1. The van der Waals surface area contributed by atoms with Gasteiger partial charge in [-0.15, -0.1) is 0 Å². The average Bonchev–Trinajstić information content (AvgIpc) is 2.30. The summed E-state index contributed by atoms with van der Waals surface area (Å²) in [5.41, 5.74) is 0.471. The predicted molar refractivity (Wildman–Crippen MR) is 67.9 cm³/mol. The van der Waals surface area contributed by atoms with E-state index in [0.717, 1.165) is 6.92 Å². The third-order valence-corrected chi connectivity index (χ3v) is 2.43. The van der Waals surface area contributed by atoms with Gasteiger partial charge < -0.3 is 10.6 Å². The van der Waals surface area contributed by atoms with Gasteiger partial charge in [0.2, 0.25) is 5.92 Å². The fourth-order valence-electron chi connectivity index (χ4n) is 1.47. The van der Waals surface area contributed by atoms with Crippen molar-refractivity contribution < 1.29 is 18.0 Å². The fourth-order valence-corrected chi connectivity index (χ4v) is 1.47. The lowest BCUT2D eigenvalue weighted by molar-refractivity contribution is 0.0106. The van der Waals surface area contributed by atoms with E-state index in [1.54, 1.807) is 0 Å². The van der Waals surface area contributed by atoms with Gasteiger partial charge in [-0.3, -0.25) is 0 Å². The summed E-state index contributed by atoms with van der Waals surface area (Å²) in [5.74, 6) is -3.04. The Bertz CT molecular complexity index is 401. The third-order valence-electron chi connectivity index (χ3n) is 2.43. The second kappa shape index (κ2) is 7.01. The van der Waals surface area contributed by atoms with Crippen molar-refractivity contribution in [2.45, 2.75) is 32.1 Å². The van der Waals surface area contributed by atoms with Crippen LogP contribution >= 0.6 is 0 Å². The number of benzene rings is 1. The largest absolute Gasteiger partial charge is 0.338 e. The average molecular weight is 274 g/mol. The number of nitrogens with one attached hydrogen (secondary N) is 2. The molecule has 1 aromatic carbocycles. The molecule has 1 aromatic rings. The number of unbranched alkanes of at least 4 members (excludes halogenated alkanes) is 1. The first kappa shape index (κ1) is 15.3. The van der Waals surface area contributed by atoms with Crippen LogP contribution in [0.5, 0.6) is 0 Å². The minimum Gasteiger partial charge on any atom is -0.338 e. The Morgan fingerprint density at radius 1 is 1.21 bits per heavy atom. The predicted octanol–water partition coefficient (Wildman–Crippen LogP) is 3.77. The molecule has 0 radical (unpaired) electrons. The summed E-state index contributed by atoms with van der Waals surface area (Å²) in [6.07, 6.45) is 0.648.